The van der Waals surface area contributed by atoms with Crippen LogP contribution < -0.4 is 5.32 Å². The van der Waals surface area contributed by atoms with Crippen LogP contribution in [0.3, 0.4) is 0 Å². The summed E-state index contributed by atoms with van der Waals surface area (Å²) in [6.07, 6.45) is 2.25. The van der Waals surface area contributed by atoms with Crippen molar-refractivity contribution in [2.24, 2.45) is 0 Å². The van der Waals surface area contributed by atoms with Gasteiger partial charge in [-0.1, -0.05) is 29.8 Å². The molecule has 0 bridgehead atoms. The van der Waals surface area contributed by atoms with Crippen LogP contribution in [-0.2, 0) is 6.42 Å². The molecule has 1 aliphatic rings. The second-order valence-corrected chi connectivity index (χ2v) is 6.16. The van der Waals surface area contributed by atoms with E-state index < -0.39 is 0 Å². The van der Waals surface area contributed by atoms with Crippen molar-refractivity contribution >= 4 is 39.9 Å². The third-order valence-electron chi connectivity index (χ3n) is 3.39. The zero-order valence-electron chi connectivity index (χ0n) is 9.79. The van der Waals surface area contributed by atoms with Crippen LogP contribution in [0.5, 0.6) is 0 Å². The fourth-order valence-electron chi connectivity index (χ4n) is 2.50. The molecule has 0 spiro atoms. The number of aryl methyl sites for hydroxylation is 1. The highest BCUT2D eigenvalue weighted by Gasteiger charge is 2.22. The molecular formula is C15H13ClIN. The number of hydrogen-bond donors (Lipinski definition) is 1. The van der Waals surface area contributed by atoms with Crippen LogP contribution in [0.2, 0.25) is 5.02 Å². The van der Waals surface area contributed by atoms with Gasteiger partial charge in [0.1, 0.15) is 0 Å². The van der Waals surface area contributed by atoms with Gasteiger partial charge in [0.15, 0.2) is 0 Å². The minimum Gasteiger partial charge on any atom is -0.377 e. The lowest BCUT2D eigenvalue weighted by molar-refractivity contribution is 0.761. The van der Waals surface area contributed by atoms with Gasteiger partial charge in [-0.2, -0.15) is 0 Å². The summed E-state index contributed by atoms with van der Waals surface area (Å²) in [4.78, 5) is 0. The number of nitrogens with one attached hydrogen (secondary N) is 1. The van der Waals surface area contributed by atoms with Gasteiger partial charge in [-0.15, -0.1) is 0 Å². The van der Waals surface area contributed by atoms with Crippen molar-refractivity contribution in [2.45, 2.75) is 18.9 Å². The fraction of sp³-hybridized carbons (Fsp3) is 0.200. The van der Waals surface area contributed by atoms with Crippen molar-refractivity contribution in [2.75, 3.05) is 5.32 Å². The highest BCUT2D eigenvalue weighted by molar-refractivity contribution is 14.1. The Hall–Kier alpha value is -0.740. The molecule has 1 unspecified atom stereocenters. The lowest BCUT2D eigenvalue weighted by atomic mass is 10.1. The Morgan fingerprint density at radius 1 is 1.17 bits per heavy atom. The molecule has 0 aliphatic heterocycles. The molecular weight excluding hydrogens is 357 g/mol. The van der Waals surface area contributed by atoms with Crippen LogP contribution in [0.15, 0.2) is 42.5 Å². The maximum atomic E-state index is 6.03. The van der Waals surface area contributed by atoms with Crippen LogP contribution in [0.1, 0.15) is 23.6 Å². The van der Waals surface area contributed by atoms with Gasteiger partial charge in [0.05, 0.1) is 6.04 Å². The summed E-state index contributed by atoms with van der Waals surface area (Å²) in [7, 11) is 0. The average molecular weight is 370 g/mol. The predicted octanol–water partition coefficient (Wildman–Crippen LogP) is 5.04. The molecule has 0 radical (unpaired) electrons. The molecule has 0 fully saturated rings. The SMILES string of the molecule is Clc1ccc2c(c1)CCC2Nc1ccccc1I. The van der Waals surface area contributed by atoms with Crippen LogP contribution in [0.4, 0.5) is 5.69 Å². The van der Waals surface area contributed by atoms with Gasteiger partial charge >= 0.3 is 0 Å². The zero-order chi connectivity index (χ0) is 12.5. The number of para-hydroxylation sites is 1. The Morgan fingerprint density at radius 3 is 2.83 bits per heavy atom. The summed E-state index contributed by atoms with van der Waals surface area (Å²) in [5, 5.41) is 4.47. The number of fused-ring (bicyclic) bond motifs is 1. The van der Waals surface area contributed by atoms with Crippen molar-refractivity contribution in [1.29, 1.82) is 0 Å². The van der Waals surface area contributed by atoms with E-state index >= 15 is 0 Å². The van der Waals surface area contributed by atoms with Crippen LogP contribution >= 0.6 is 34.2 Å². The summed E-state index contributed by atoms with van der Waals surface area (Å²) in [6.45, 7) is 0. The monoisotopic (exact) mass is 369 g/mol. The summed E-state index contributed by atoms with van der Waals surface area (Å²) in [5.74, 6) is 0. The van der Waals surface area contributed by atoms with E-state index in [1.807, 2.05) is 6.07 Å². The lowest BCUT2D eigenvalue weighted by Crippen LogP contribution is -2.07. The molecule has 1 aliphatic carbocycles. The first-order chi connectivity index (χ1) is 8.74. The topological polar surface area (TPSA) is 12.0 Å². The third kappa shape index (κ3) is 2.36. The van der Waals surface area contributed by atoms with E-state index in [2.05, 4.69) is 64.3 Å². The van der Waals surface area contributed by atoms with Crippen LogP contribution in [-0.4, -0.2) is 0 Å². The normalized spacial score (nSPS) is 17.6. The first kappa shape index (κ1) is 12.3. The standard InChI is InChI=1S/C15H13ClIN/c16-11-6-7-12-10(9-11)5-8-14(12)18-15-4-2-1-3-13(15)17/h1-4,6-7,9,14,18H,5,8H2. The maximum Gasteiger partial charge on any atom is 0.0520 e. The van der Waals surface area contributed by atoms with E-state index in [0.717, 1.165) is 17.9 Å². The summed E-state index contributed by atoms with van der Waals surface area (Å²) >= 11 is 8.40. The van der Waals surface area contributed by atoms with E-state index in [-0.39, 0.29) is 0 Å². The van der Waals surface area contributed by atoms with E-state index in [1.54, 1.807) is 0 Å². The van der Waals surface area contributed by atoms with Gasteiger partial charge in [-0.25, -0.2) is 0 Å². The molecule has 1 nitrogen and oxygen atoms in total. The predicted molar refractivity (Wildman–Crippen MR) is 85.3 cm³/mol. The first-order valence-corrected chi connectivity index (χ1v) is 7.49. The van der Waals surface area contributed by atoms with Crippen molar-refractivity contribution in [3.63, 3.8) is 0 Å². The zero-order valence-corrected chi connectivity index (χ0v) is 12.7. The van der Waals surface area contributed by atoms with Crippen molar-refractivity contribution in [3.8, 4) is 0 Å². The Kier molecular flexibility index (Phi) is 3.48. The number of halogens is 2. The largest absolute Gasteiger partial charge is 0.377 e. The fourth-order valence-corrected chi connectivity index (χ4v) is 3.24. The molecule has 2 aromatic rings. The average Bonchev–Trinajstić information content (AvgIpc) is 2.74. The number of benzene rings is 2. The molecule has 1 atom stereocenters. The second-order valence-electron chi connectivity index (χ2n) is 4.56. The van der Waals surface area contributed by atoms with Gasteiger partial charge in [-0.3, -0.25) is 0 Å². The summed E-state index contributed by atoms with van der Waals surface area (Å²) in [5.41, 5.74) is 3.98. The number of rotatable bonds is 2. The van der Waals surface area contributed by atoms with Gasteiger partial charge in [0.2, 0.25) is 0 Å². The van der Waals surface area contributed by atoms with Gasteiger partial charge in [0.25, 0.3) is 0 Å². The molecule has 0 aromatic heterocycles. The number of hydrogen-bond acceptors (Lipinski definition) is 1. The molecule has 2 aromatic carbocycles. The molecule has 0 saturated heterocycles. The van der Waals surface area contributed by atoms with Crippen LogP contribution in [0.25, 0.3) is 0 Å². The Balaban J connectivity index is 1.87. The molecule has 18 heavy (non-hydrogen) atoms. The van der Waals surface area contributed by atoms with Gasteiger partial charge in [0, 0.05) is 14.3 Å². The molecule has 3 rings (SSSR count). The Labute approximate surface area is 126 Å². The van der Waals surface area contributed by atoms with Crippen molar-refractivity contribution in [3.05, 3.63) is 62.2 Å². The minimum absolute atomic E-state index is 0.410. The lowest BCUT2D eigenvalue weighted by Gasteiger charge is -2.16. The molecule has 3 heteroatoms. The summed E-state index contributed by atoms with van der Waals surface area (Å²) < 4.78 is 1.26. The molecule has 92 valence electrons. The van der Waals surface area contributed by atoms with Gasteiger partial charge in [-0.05, 0) is 70.8 Å². The second kappa shape index (κ2) is 5.10. The highest BCUT2D eigenvalue weighted by Crippen LogP contribution is 2.36. The number of anilines is 1. The van der Waals surface area contributed by atoms with Crippen molar-refractivity contribution in [1.82, 2.24) is 0 Å². The Morgan fingerprint density at radius 2 is 2.00 bits per heavy atom. The van der Waals surface area contributed by atoms with E-state index in [9.17, 15) is 0 Å². The molecule has 0 amide bonds. The highest BCUT2D eigenvalue weighted by atomic mass is 127. The summed E-state index contributed by atoms with van der Waals surface area (Å²) in [6, 6.07) is 15.0. The maximum absolute atomic E-state index is 6.03. The molecule has 0 saturated carbocycles. The van der Waals surface area contributed by atoms with Crippen LogP contribution in [0, 0.1) is 3.57 Å². The molecule has 0 heterocycles. The quantitative estimate of drug-likeness (QED) is 0.731. The molecule has 1 N–H and O–H groups in total. The smallest absolute Gasteiger partial charge is 0.0520 e. The minimum atomic E-state index is 0.410. The van der Waals surface area contributed by atoms with E-state index in [0.29, 0.717) is 6.04 Å². The van der Waals surface area contributed by atoms with E-state index in [1.165, 1.54) is 20.4 Å². The van der Waals surface area contributed by atoms with E-state index in [4.69, 9.17) is 11.6 Å². The first-order valence-electron chi connectivity index (χ1n) is 6.03. The van der Waals surface area contributed by atoms with Crippen molar-refractivity contribution < 1.29 is 0 Å². The third-order valence-corrected chi connectivity index (χ3v) is 4.56. The van der Waals surface area contributed by atoms with Gasteiger partial charge < -0.3 is 5.32 Å². The Bertz CT molecular complexity index is 582.